The van der Waals surface area contributed by atoms with Crippen LogP contribution in [-0.4, -0.2) is 11.7 Å². The van der Waals surface area contributed by atoms with Crippen LogP contribution < -0.4 is 0 Å². The number of aliphatic hydroxyl groups excluding tert-OH is 1. The van der Waals surface area contributed by atoms with Crippen LogP contribution in [0, 0.1) is 34.0 Å². The second-order valence-corrected chi connectivity index (χ2v) is 8.02. The zero-order valence-corrected chi connectivity index (χ0v) is 11.2. The molecule has 16 heavy (non-hydrogen) atoms. The van der Waals surface area contributed by atoms with Crippen LogP contribution in [0.15, 0.2) is 0 Å². The van der Waals surface area contributed by atoms with E-state index in [0.717, 1.165) is 17.8 Å². The van der Waals surface area contributed by atoms with E-state index in [1.165, 1.54) is 25.7 Å². The van der Waals surface area contributed by atoms with Gasteiger partial charge >= 0.3 is 0 Å². The van der Waals surface area contributed by atoms with E-state index in [1.807, 2.05) is 0 Å². The molecule has 0 amide bonds. The van der Waals surface area contributed by atoms with Gasteiger partial charge in [-0.15, -0.1) is 0 Å². The Hall–Kier alpha value is -0.0400. The largest absolute Gasteiger partial charge is 0.396 e. The van der Waals surface area contributed by atoms with E-state index in [-0.39, 0.29) is 5.41 Å². The fraction of sp³-hybridized carbons (Fsp3) is 1.00. The molecule has 3 atom stereocenters. The highest BCUT2D eigenvalue weighted by Gasteiger charge is 2.69. The Bertz CT molecular complexity index is 313. The van der Waals surface area contributed by atoms with Crippen LogP contribution in [0.4, 0.5) is 0 Å². The van der Waals surface area contributed by atoms with Gasteiger partial charge in [0, 0.05) is 6.61 Å². The van der Waals surface area contributed by atoms with Gasteiger partial charge in [0.1, 0.15) is 0 Å². The van der Waals surface area contributed by atoms with Crippen LogP contribution >= 0.6 is 0 Å². The molecule has 1 heteroatoms. The number of fused-ring (bicyclic) bond motifs is 1. The van der Waals surface area contributed by atoms with Gasteiger partial charge in [0.2, 0.25) is 0 Å². The topological polar surface area (TPSA) is 20.2 Å². The van der Waals surface area contributed by atoms with E-state index >= 15 is 0 Å². The molecule has 3 aliphatic carbocycles. The molecule has 3 aliphatic rings. The predicted molar refractivity (Wildman–Crippen MR) is 66.0 cm³/mol. The molecule has 3 rings (SSSR count). The number of rotatable bonds is 2. The number of hydrogen-bond acceptors (Lipinski definition) is 1. The van der Waals surface area contributed by atoms with Gasteiger partial charge in [-0.05, 0) is 59.7 Å². The maximum absolute atomic E-state index is 9.35. The monoisotopic (exact) mass is 222 g/mol. The highest BCUT2D eigenvalue weighted by atomic mass is 16.3. The summed E-state index contributed by atoms with van der Waals surface area (Å²) in [5.41, 5.74) is 1.45. The summed E-state index contributed by atoms with van der Waals surface area (Å²) in [6.07, 6.45) is 5.47. The van der Waals surface area contributed by atoms with E-state index in [1.54, 1.807) is 0 Å². The maximum atomic E-state index is 9.35. The quantitative estimate of drug-likeness (QED) is 0.758. The molecule has 3 fully saturated rings. The van der Waals surface area contributed by atoms with Gasteiger partial charge in [-0.1, -0.05) is 27.7 Å². The standard InChI is InChI=1S/C15H26O/c1-13(2)12(5-11-8-15(11,13)4)10-6-14(3,7-10)9-16/h10-12,16H,5-9H2,1-4H3/t10?,11?,12-,14?,15?/m1/s1. The summed E-state index contributed by atoms with van der Waals surface area (Å²) < 4.78 is 0. The summed E-state index contributed by atoms with van der Waals surface area (Å²) in [7, 11) is 0. The van der Waals surface area contributed by atoms with Gasteiger partial charge in [-0.2, -0.15) is 0 Å². The Morgan fingerprint density at radius 1 is 1.06 bits per heavy atom. The summed E-state index contributed by atoms with van der Waals surface area (Å²) in [5, 5.41) is 9.35. The zero-order valence-electron chi connectivity index (χ0n) is 11.2. The van der Waals surface area contributed by atoms with Crippen molar-refractivity contribution in [3.8, 4) is 0 Å². The minimum Gasteiger partial charge on any atom is -0.396 e. The van der Waals surface area contributed by atoms with Gasteiger partial charge in [0.25, 0.3) is 0 Å². The Morgan fingerprint density at radius 2 is 1.69 bits per heavy atom. The lowest BCUT2D eigenvalue weighted by molar-refractivity contribution is -0.0505. The van der Waals surface area contributed by atoms with Gasteiger partial charge < -0.3 is 5.11 Å². The summed E-state index contributed by atoms with van der Waals surface area (Å²) in [6, 6.07) is 0. The molecule has 1 N–H and O–H groups in total. The molecule has 1 nitrogen and oxygen atoms in total. The molecular formula is C15H26O. The first-order valence-electron chi connectivity index (χ1n) is 6.93. The van der Waals surface area contributed by atoms with Crippen molar-refractivity contribution in [3.05, 3.63) is 0 Å². The van der Waals surface area contributed by atoms with Gasteiger partial charge in [-0.3, -0.25) is 0 Å². The Balaban J connectivity index is 1.71. The first kappa shape index (κ1) is 11.1. The molecule has 0 aromatic rings. The van der Waals surface area contributed by atoms with E-state index in [2.05, 4.69) is 27.7 Å². The third-order valence-corrected chi connectivity index (χ3v) is 6.81. The predicted octanol–water partition coefficient (Wildman–Crippen LogP) is 3.47. The van der Waals surface area contributed by atoms with Crippen molar-refractivity contribution in [3.63, 3.8) is 0 Å². The third-order valence-electron chi connectivity index (χ3n) is 6.81. The minimum absolute atomic E-state index is 0.258. The summed E-state index contributed by atoms with van der Waals surface area (Å²) in [4.78, 5) is 0. The van der Waals surface area contributed by atoms with Crippen molar-refractivity contribution in [1.29, 1.82) is 0 Å². The smallest absolute Gasteiger partial charge is 0.0484 e. The normalized spacial score (nSPS) is 57.9. The average Bonchev–Trinajstić information content (AvgIpc) is 2.78. The first-order chi connectivity index (χ1) is 7.32. The number of hydrogen-bond donors (Lipinski definition) is 1. The van der Waals surface area contributed by atoms with E-state index in [4.69, 9.17) is 0 Å². The van der Waals surface area contributed by atoms with Crippen molar-refractivity contribution < 1.29 is 5.11 Å². The highest BCUT2D eigenvalue weighted by Crippen LogP contribution is 2.76. The molecule has 0 aliphatic heterocycles. The van der Waals surface area contributed by atoms with Crippen molar-refractivity contribution in [2.45, 2.75) is 53.4 Å². The van der Waals surface area contributed by atoms with E-state index in [9.17, 15) is 5.11 Å². The molecule has 0 radical (unpaired) electrons. The molecule has 0 saturated heterocycles. The molecular weight excluding hydrogens is 196 g/mol. The summed E-state index contributed by atoms with van der Waals surface area (Å²) in [6.45, 7) is 10.1. The van der Waals surface area contributed by atoms with Crippen LogP contribution in [0.3, 0.4) is 0 Å². The minimum atomic E-state index is 0.258. The lowest BCUT2D eigenvalue weighted by atomic mass is 9.54. The Kier molecular flexibility index (Phi) is 1.98. The molecule has 0 bridgehead atoms. The Labute approximate surface area is 99.6 Å². The summed E-state index contributed by atoms with van der Waals surface area (Å²) >= 11 is 0. The van der Waals surface area contributed by atoms with Crippen LogP contribution in [0.5, 0.6) is 0 Å². The second-order valence-electron chi connectivity index (χ2n) is 8.02. The first-order valence-corrected chi connectivity index (χ1v) is 6.93. The lowest BCUT2D eigenvalue weighted by Crippen LogP contribution is -2.45. The fourth-order valence-corrected chi connectivity index (χ4v) is 5.01. The molecule has 0 aromatic heterocycles. The van der Waals surface area contributed by atoms with E-state index < -0.39 is 0 Å². The molecule has 0 spiro atoms. The fourth-order valence-electron chi connectivity index (χ4n) is 5.01. The second kappa shape index (κ2) is 2.85. The third kappa shape index (κ3) is 1.16. The average molecular weight is 222 g/mol. The van der Waals surface area contributed by atoms with Crippen molar-refractivity contribution in [1.82, 2.24) is 0 Å². The molecule has 0 aromatic carbocycles. The zero-order chi connectivity index (χ0) is 11.8. The van der Waals surface area contributed by atoms with E-state index in [0.29, 0.717) is 17.4 Å². The van der Waals surface area contributed by atoms with Crippen LogP contribution in [0.1, 0.15) is 53.4 Å². The molecule has 2 unspecified atom stereocenters. The summed E-state index contributed by atoms with van der Waals surface area (Å²) in [5.74, 6) is 2.85. The Morgan fingerprint density at radius 3 is 2.12 bits per heavy atom. The van der Waals surface area contributed by atoms with Crippen LogP contribution in [-0.2, 0) is 0 Å². The molecule has 0 heterocycles. The van der Waals surface area contributed by atoms with Crippen LogP contribution in [0.25, 0.3) is 0 Å². The van der Waals surface area contributed by atoms with Crippen molar-refractivity contribution >= 4 is 0 Å². The van der Waals surface area contributed by atoms with Crippen molar-refractivity contribution in [2.75, 3.05) is 6.61 Å². The lowest BCUT2D eigenvalue weighted by Gasteiger charge is -2.51. The van der Waals surface area contributed by atoms with Gasteiger partial charge in [0.15, 0.2) is 0 Å². The van der Waals surface area contributed by atoms with Crippen LogP contribution in [0.2, 0.25) is 0 Å². The van der Waals surface area contributed by atoms with Crippen molar-refractivity contribution in [2.24, 2.45) is 34.0 Å². The SMILES string of the molecule is CC1(CO)CC([C@H]2CC3CC3(C)C2(C)C)C1. The molecule has 3 saturated carbocycles. The highest BCUT2D eigenvalue weighted by molar-refractivity contribution is 5.17. The maximum Gasteiger partial charge on any atom is 0.0484 e. The molecule has 92 valence electrons. The number of aliphatic hydroxyl groups is 1. The van der Waals surface area contributed by atoms with Gasteiger partial charge in [0.05, 0.1) is 0 Å². The van der Waals surface area contributed by atoms with Gasteiger partial charge in [-0.25, -0.2) is 0 Å².